The number of carbonyl (C=O) groups excluding carboxylic acids is 2. The molecule has 1 heterocycles. The van der Waals surface area contributed by atoms with Crippen LogP contribution in [-0.4, -0.2) is 56.5 Å². The molecular weight excluding hydrogens is 468 g/mol. The molecule has 1 aliphatic heterocycles. The molecule has 7 heteroatoms. The zero-order valence-corrected chi connectivity index (χ0v) is 23.4. The van der Waals surface area contributed by atoms with E-state index in [0.717, 1.165) is 56.1 Å². The fourth-order valence-corrected chi connectivity index (χ4v) is 4.90. The molecule has 204 valence electrons. The van der Waals surface area contributed by atoms with Gasteiger partial charge in [-0.05, 0) is 78.5 Å². The summed E-state index contributed by atoms with van der Waals surface area (Å²) in [5.74, 6) is 0.765. The van der Waals surface area contributed by atoms with Crippen molar-refractivity contribution in [3.05, 3.63) is 41.5 Å². The van der Waals surface area contributed by atoms with Crippen molar-refractivity contribution in [2.24, 2.45) is 5.41 Å². The van der Waals surface area contributed by atoms with Crippen molar-refractivity contribution in [1.29, 1.82) is 0 Å². The van der Waals surface area contributed by atoms with Gasteiger partial charge in [0.05, 0.1) is 13.7 Å². The predicted octanol–water partition coefficient (Wildman–Crippen LogP) is 5.86. The lowest BCUT2D eigenvalue weighted by atomic mass is 9.85. The van der Waals surface area contributed by atoms with Gasteiger partial charge in [0.1, 0.15) is 18.5 Å². The van der Waals surface area contributed by atoms with Gasteiger partial charge in [0.15, 0.2) is 0 Å². The minimum Gasteiger partial charge on any atom is -0.496 e. The molecule has 2 atom stereocenters. The van der Waals surface area contributed by atoms with Gasteiger partial charge >= 0.3 is 6.09 Å². The fourth-order valence-electron chi connectivity index (χ4n) is 4.90. The third-order valence-corrected chi connectivity index (χ3v) is 7.19. The maximum Gasteiger partial charge on any atom is 0.407 e. The summed E-state index contributed by atoms with van der Waals surface area (Å²) in [5, 5.41) is 5.21. The number of cyclic esters (lactones) is 1. The lowest BCUT2D eigenvalue weighted by Gasteiger charge is -2.37. The Bertz CT molecular complexity index is 1060. The van der Waals surface area contributed by atoms with Crippen LogP contribution < -0.4 is 10.1 Å². The van der Waals surface area contributed by atoms with Crippen LogP contribution >= 0.6 is 0 Å². The quantitative estimate of drug-likeness (QED) is 0.557. The summed E-state index contributed by atoms with van der Waals surface area (Å²) in [6.45, 7) is 8.36. The molecule has 1 aliphatic rings. The number of nitrogens with one attached hydrogen (secondary N) is 1. The molecule has 3 bridgehead atoms. The van der Waals surface area contributed by atoms with E-state index in [1.807, 2.05) is 27.7 Å². The minimum atomic E-state index is -0.725. The van der Waals surface area contributed by atoms with Crippen molar-refractivity contribution in [2.45, 2.75) is 84.7 Å². The second-order valence-electron chi connectivity index (χ2n) is 11.2. The monoisotopic (exact) mass is 512 g/mol. The van der Waals surface area contributed by atoms with Gasteiger partial charge in [0.2, 0.25) is 5.91 Å². The number of methoxy groups -OCH3 is 2. The summed E-state index contributed by atoms with van der Waals surface area (Å²) in [6.07, 6.45) is 5.82. The Morgan fingerprint density at radius 1 is 1.00 bits per heavy atom. The molecule has 2 aromatic carbocycles. The molecule has 2 amide bonds. The van der Waals surface area contributed by atoms with Gasteiger partial charge < -0.3 is 24.4 Å². The molecule has 0 aromatic heterocycles. The number of aryl methyl sites for hydroxylation is 2. The molecule has 0 fully saturated rings. The smallest absolute Gasteiger partial charge is 0.407 e. The van der Waals surface area contributed by atoms with E-state index in [-0.39, 0.29) is 18.7 Å². The Balaban J connectivity index is 1.90. The third-order valence-electron chi connectivity index (χ3n) is 7.19. The van der Waals surface area contributed by atoms with Crippen LogP contribution in [0.15, 0.2) is 30.3 Å². The molecule has 2 aromatic rings. The SMILES string of the molecule is COCN1C(=O)[C@H](C(C)(C)C)NC(=O)OCCCCCCc2cc3cc(ccc3cc2OC)CC[C@H]1C. The van der Waals surface area contributed by atoms with Crippen molar-refractivity contribution in [3.63, 3.8) is 0 Å². The first-order valence-electron chi connectivity index (χ1n) is 13.5. The van der Waals surface area contributed by atoms with Crippen LogP contribution in [0, 0.1) is 5.41 Å². The molecule has 0 unspecified atom stereocenters. The molecule has 1 N–H and O–H groups in total. The molecule has 0 saturated heterocycles. The molecule has 0 spiro atoms. The number of rotatable bonds is 3. The van der Waals surface area contributed by atoms with Gasteiger partial charge in [-0.1, -0.05) is 51.8 Å². The molecule has 3 rings (SSSR count). The normalized spacial score (nSPS) is 21.1. The number of alkyl carbamates (subject to hydrolysis) is 1. The zero-order chi connectivity index (χ0) is 27.0. The van der Waals surface area contributed by atoms with Crippen LogP contribution in [0.25, 0.3) is 10.8 Å². The highest BCUT2D eigenvalue weighted by Crippen LogP contribution is 2.29. The van der Waals surface area contributed by atoms with Crippen molar-refractivity contribution in [3.8, 4) is 5.75 Å². The van der Waals surface area contributed by atoms with Crippen molar-refractivity contribution in [2.75, 3.05) is 27.6 Å². The predicted molar refractivity (Wildman–Crippen MR) is 147 cm³/mol. The van der Waals surface area contributed by atoms with Crippen LogP contribution in [-0.2, 0) is 27.1 Å². The molecule has 0 aliphatic carbocycles. The Hall–Kier alpha value is -2.80. The summed E-state index contributed by atoms with van der Waals surface area (Å²) >= 11 is 0. The molecule has 0 radical (unpaired) electrons. The fraction of sp³-hybridized carbons (Fsp3) is 0.600. The van der Waals surface area contributed by atoms with E-state index in [0.29, 0.717) is 6.61 Å². The Labute approximate surface area is 221 Å². The highest BCUT2D eigenvalue weighted by molar-refractivity contribution is 5.87. The van der Waals surface area contributed by atoms with Crippen LogP contribution in [0.5, 0.6) is 5.75 Å². The largest absolute Gasteiger partial charge is 0.496 e. The van der Waals surface area contributed by atoms with E-state index in [9.17, 15) is 9.59 Å². The Morgan fingerprint density at radius 3 is 2.46 bits per heavy atom. The summed E-state index contributed by atoms with van der Waals surface area (Å²) < 4.78 is 16.5. The van der Waals surface area contributed by atoms with E-state index >= 15 is 0 Å². The lowest BCUT2D eigenvalue weighted by molar-refractivity contribution is -0.143. The number of amides is 2. The van der Waals surface area contributed by atoms with Gasteiger partial charge in [-0.2, -0.15) is 0 Å². The molecule has 37 heavy (non-hydrogen) atoms. The summed E-state index contributed by atoms with van der Waals surface area (Å²) in [4.78, 5) is 28.0. The topological polar surface area (TPSA) is 77.1 Å². The van der Waals surface area contributed by atoms with Crippen molar-refractivity contribution < 1.29 is 23.8 Å². The number of fused-ring (bicyclic) bond motifs is 2. The Morgan fingerprint density at radius 2 is 1.76 bits per heavy atom. The van der Waals surface area contributed by atoms with Gasteiger partial charge in [0, 0.05) is 13.2 Å². The summed E-state index contributed by atoms with van der Waals surface area (Å²) in [7, 11) is 3.31. The second-order valence-corrected chi connectivity index (χ2v) is 11.2. The lowest BCUT2D eigenvalue weighted by Crippen LogP contribution is -2.57. The van der Waals surface area contributed by atoms with Gasteiger partial charge in [0.25, 0.3) is 0 Å². The van der Waals surface area contributed by atoms with E-state index in [4.69, 9.17) is 14.2 Å². The standard InChI is InChI=1S/C30H44N2O5/c1-21-12-13-22-14-15-23-19-26(36-6)24(18-25(23)17-22)11-9-7-8-10-16-37-29(34)31-27(30(2,3)4)28(33)32(21)20-35-5/h14-15,17-19,21,27H,7-13,16,20H2,1-6H3,(H,31,34)/t21-,27-/m1/s1. The number of nitrogens with zero attached hydrogens (tertiary/aromatic N) is 1. The second kappa shape index (κ2) is 13.1. The average Bonchev–Trinajstić information content (AvgIpc) is 2.86. The first-order valence-corrected chi connectivity index (χ1v) is 13.5. The number of hydrogen-bond donors (Lipinski definition) is 1. The maximum absolute atomic E-state index is 13.7. The van der Waals surface area contributed by atoms with Crippen LogP contribution in [0.1, 0.15) is 70.9 Å². The van der Waals surface area contributed by atoms with E-state index in [2.05, 4.69) is 35.6 Å². The first-order chi connectivity index (χ1) is 17.6. The first kappa shape index (κ1) is 28.8. The number of carbonyl (C=O) groups is 2. The number of ether oxygens (including phenoxy) is 3. The van der Waals surface area contributed by atoms with E-state index in [1.165, 1.54) is 16.5 Å². The minimum absolute atomic E-state index is 0.0807. The van der Waals surface area contributed by atoms with Crippen LogP contribution in [0.4, 0.5) is 4.79 Å². The zero-order valence-electron chi connectivity index (χ0n) is 23.4. The highest BCUT2D eigenvalue weighted by Gasteiger charge is 2.37. The maximum atomic E-state index is 13.7. The van der Waals surface area contributed by atoms with Gasteiger partial charge in [-0.3, -0.25) is 4.79 Å². The van der Waals surface area contributed by atoms with E-state index in [1.54, 1.807) is 19.1 Å². The highest BCUT2D eigenvalue weighted by atomic mass is 16.5. The molecule has 7 nitrogen and oxygen atoms in total. The van der Waals surface area contributed by atoms with Gasteiger partial charge in [-0.15, -0.1) is 0 Å². The molecular formula is C30H44N2O5. The van der Waals surface area contributed by atoms with E-state index < -0.39 is 17.6 Å². The van der Waals surface area contributed by atoms with Crippen molar-refractivity contribution in [1.82, 2.24) is 10.2 Å². The Kier molecular flexibility index (Phi) is 10.2. The average molecular weight is 513 g/mol. The van der Waals surface area contributed by atoms with Crippen molar-refractivity contribution >= 4 is 22.8 Å². The summed E-state index contributed by atoms with van der Waals surface area (Å²) in [5.41, 5.74) is 1.95. The summed E-state index contributed by atoms with van der Waals surface area (Å²) in [6, 6.07) is 10.1. The van der Waals surface area contributed by atoms with Crippen LogP contribution in [0.2, 0.25) is 0 Å². The van der Waals surface area contributed by atoms with Crippen LogP contribution in [0.3, 0.4) is 0 Å². The van der Waals surface area contributed by atoms with Gasteiger partial charge in [-0.25, -0.2) is 4.79 Å². The number of benzene rings is 2. The third kappa shape index (κ3) is 7.84. The molecule has 0 saturated carbocycles. The number of hydrogen-bond acceptors (Lipinski definition) is 5.